The Balaban J connectivity index is 1.77. The van der Waals surface area contributed by atoms with Crippen LogP contribution in [0.2, 0.25) is 0 Å². The highest BCUT2D eigenvalue weighted by atomic mass is 16.9. The first-order valence-electron chi connectivity index (χ1n) is 9.86. The van der Waals surface area contributed by atoms with Gasteiger partial charge < -0.3 is 18.9 Å². The zero-order valence-corrected chi connectivity index (χ0v) is 16.5. The summed E-state index contributed by atoms with van der Waals surface area (Å²) in [5, 5.41) is 0. The standard InChI is InChI=1S/C22H34O4/c1-4-5-6-7-8-9-13-16-20-21(26-22(2,23-3)25-20)18-24-17-19-14-11-10-12-15-19/h10-16,20-21H,4-9,17-18H2,1-3H3/b16-13-/t20-,21-,22?/m0/s1. The molecule has 1 aliphatic rings. The molecule has 4 heteroatoms. The molecule has 0 spiro atoms. The van der Waals surface area contributed by atoms with Gasteiger partial charge in [-0.2, -0.15) is 0 Å². The molecular formula is C22H34O4. The van der Waals surface area contributed by atoms with Gasteiger partial charge in [0.15, 0.2) is 0 Å². The predicted octanol–water partition coefficient (Wildman–Crippen LogP) is 5.22. The van der Waals surface area contributed by atoms with E-state index in [0.29, 0.717) is 13.2 Å². The van der Waals surface area contributed by atoms with E-state index in [1.54, 1.807) is 14.0 Å². The van der Waals surface area contributed by atoms with E-state index in [-0.39, 0.29) is 12.2 Å². The molecule has 4 nitrogen and oxygen atoms in total. The molecule has 0 aromatic heterocycles. The van der Waals surface area contributed by atoms with Crippen molar-refractivity contribution >= 4 is 0 Å². The molecule has 146 valence electrons. The summed E-state index contributed by atoms with van der Waals surface area (Å²) < 4.78 is 23.1. The molecule has 0 amide bonds. The highest BCUT2D eigenvalue weighted by Crippen LogP contribution is 2.30. The van der Waals surface area contributed by atoms with Gasteiger partial charge in [-0.25, -0.2) is 0 Å². The highest BCUT2D eigenvalue weighted by Gasteiger charge is 2.43. The lowest BCUT2D eigenvalue weighted by molar-refractivity contribution is -0.318. The summed E-state index contributed by atoms with van der Waals surface area (Å²) in [6, 6.07) is 10.1. The molecule has 3 atom stereocenters. The molecule has 0 bridgehead atoms. The van der Waals surface area contributed by atoms with Crippen LogP contribution in [-0.4, -0.2) is 31.9 Å². The van der Waals surface area contributed by atoms with Crippen molar-refractivity contribution in [1.82, 2.24) is 0 Å². The lowest BCUT2D eigenvalue weighted by Crippen LogP contribution is -2.29. The first-order valence-corrected chi connectivity index (χ1v) is 9.86. The zero-order valence-electron chi connectivity index (χ0n) is 16.5. The fourth-order valence-electron chi connectivity index (χ4n) is 3.04. The van der Waals surface area contributed by atoms with Crippen LogP contribution < -0.4 is 0 Å². The van der Waals surface area contributed by atoms with Crippen molar-refractivity contribution in [3.63, 3.8) is 0 Å². The molecule has 2 rings (SSSR count). The maximum absolute atomic E-state index is 5.95. The lowest BCUT2D eigenvalue weighted by Gasteiger charge is -2.20. The number of rotatable bonds is 12. The zero-order chi connectivity index (χ0) is 18.7. The van der Waals surface area contributed by atoms with Crippen LogP contribution in [0.25, 0.3) is 0 Å². The fourth-order valence-corrected chi connectivity index (χ4v) is 3.04. The van der Waals surface area contributed by atoms with Gasteiger partial charge in [0.05, 0.1) is 13.2 Å². The second kappa shape index (κ2) is 11.5. The van der Waals surface area contributed by atoms with Crippen molar-refractivity contribution in [3.8, 4) is 0 Å². The van der Waals surface area contributed by atoms with Gasteiger partial charge in [0, 0.05) is 14.0 Å². The van der Waals surface area contributed by atoms with Crippen LogP contribution in [0.3, 0.4) is 0 Å². The van der Waals surface area contributed by atoms with Crippen molar-refractivity contribution in [2.45, 2.75) is 77.2 Å². The van der Waals surface area contributed by atoms with Crippen LogP contribution in [0.4, 0.5) is 0 Å². The van der Waals surface area contributed by atoms with E-state index >= 15 is 0 Å². The summed E-state index contributed by atoms with van der Waals surface area (Å²) in [6.45, 7) is 5.08. The van der Waals surface area contributed by atoms with E-state index in [1.165, 1.54) is 32.1 Å². The van der Waals surface area contributed by atoms with Crippen LogP contribution >= 0.6 is 0 Å². The number of hydrogen-bond acceptors (Lipinski definition) is 4. The second-order valence-corrected chi connectivity index (χ2v) is 6.94. The molecule has 1 fully saturated rings. The van der Waals surface area contributed by atoms with Gasteiger partial charge in [0.25, 0.3) is 5.97 Å². The number of ether oxygens (including phenoxy) is 4. The number of benzene rings is 1. The number of unbranched alkanes of at least 4 members (excludes halogenated alkanes) is 5. The molecule has 1 heterocycles. The van der Waals surface area contributed by atoms with Crippen molar-refractivity contribution in [2.24, 2.45) is 0 Å². The van der Waals surface area contributed by atoms with Gasteiger partial charge in [-0.15, -0.1) is 0 Å². The molecule has 0 radical (unpaired) electrons. The monoisotopic (exact) mass is 362 g/mol. The van der Waals surface area contributed by atoms with Crippen LogP contribution in [-0.2, 0) is 25.6 Å². The quantitative estimate of drug-likeness (QED) is 0.377. The average Bonchev–Trinajstić information content (AvgIpc) is 2.98. The first kappa shape index (κ1) is 21.1. The second-order valence-electron chi connectivity index (χ2n) is 6.94. The van der Waals surface area contributed by atoms with E-state index in [4.69, 9.17) is 18.9 Å². The van der Waals surface area contributed by atoms with E-state index in [9.17, 15) is 0 Å². The number of allylic oxidation sites excluding steroid dienone is 1. The Labute approximate surface area is 158 Å². The lowest BCUT2D eigenvalue weighted by atomic mass is 10.1. The van der Waals surface area contributed by atoms with Gasteiger partial charge in [0.1, 0.15) is 12.2 Å². The summed E-state index contributed by atoms with van der Waals surface area (Å²) in [7, 11) is 1.60. The molecule has 1 aromatic carbocycles. The van der Waals surface area contributed by atoms with E-state index < -0.39 is 5.97 Å². The Bertz CT molecular complexity index is 516. The minimum absolute atomic E-state index is 0.147. The Morgan fingerprint density at radius 3 is 2.58 bits per heavy atom. The van der Waals surface area contributed by atoms with Gasteiger partial charge in [0.2, 0.25) is 0 Å². The minimum Gasteiger partial charge on any atom is -0.374 e. The Kier molecular flexibility index (Phi) is 9.33. The molecule has 1 aromatic rings. The first-order chi connectivity index (χ1) is 12.7. The maximum Gasteiger partial charge on any atom is 0.280 e. The van der Waals surface area contributed by atoms with Crippen LogP contribution in [0.15, 0.2) is 42.5 Å². The Hall–Kier alpha value is -1.20. The third kappa shape index (κ3) is 7.20. The predicted molar refractivity (Wildman–Crippen MR) is 104 cm³/mol. The molecular weight excluding hydrogens is 328 g/mol. The summed E-state index contributed by atoms with van der Waals surface area (Å²) in [6.07, 6.45) is 11.5. The molecule has 1 unspecified atom stereocenters. The molecule has 0 N–H and O–H groups in total. The van der Waals surface area contributed by atoms with Gasteiger partial charge in [-0.1, -0.05) is 75.1 Å². The molecule has 26 heavy (non-hydrogen) atoms. The van der Waals surface area contributed by atoms with E-state index in [1.807, 2.05) is 18.2 Å². The summed E-state index contributed by atoms with van der Waals surface area (Å²) in [5.74, 6) is -1.00. The summed E-state index contributed by atoms with van der Waals surface area (Å²) >= 11 is 0. The van der Waals surface area contributed by atoms with Gasteiger partial charge in [-0.3, -0.25) is 0 Å². The molecule has 1 saturated heterocycles. The normalized spacial score (nSPS) is 26.0. The minimum atomic E-state index is -1.00. The van der Waals surface area contributed by atoms with Crippen LogP contribution in [0.5, 0.6) is 0 Å². The van der Waals surface area contributed by atoms with E-state index in [2.05, 4.69) is 31.2 Å². The van der Waals surface area contributed by atoms with Crippen LogP contribution in [0, 0.1) is 0 Å². The SMILES string of the molecule is CCCCCCC/C=C\[C@@H]1OC(C)(OC)O[C@H]1COCc1ccccc1. The number of hydrogen-bond donors (Lipinski definition) is 0. The van der Waals surface area contributed by atoms with Crippen molar-refractivity contribution in [3.05, 3.63) is 48.0 Å². The molecule has 0 saturated carbocycles. The maximum atomic E-state index is 5.95. The third-order valence-electron chi connectivity index (χ3n) is 4.65. The molecule has 1 aliphatic heterocycles. The average molecular weight is 363 g/mol. The van der Waals surface area contributed by atoms with Gasteiger partial charge in [-0.05, 0) is 18.4 Å². The van der Waals surface area contributed by atoms with E-state index in [0.717, 1.165) is 12.0 Å². The van der Waals surface area contributed by atoms with Gasteiger partial charge >= 0.3 is 0 Å². The fraction of sp³-hybridized carbons (Fsp3) is 0.636. The largest absolute Gasteiger partial charge is 0.374 e. The van der Waals surface area contributed by atoms with Crippen LogP contribution in [0.1, 0.15) is 57.9 Å². The Morgan fingerprint density at radius 2 is 1.85 bits per heavy atom. The third-order valence-corrected chi connectivity index (χ3v) is 4.65. The summed E-state index contributed by atoms with van der Waals surface area (Å²) in [4.78, 5) is 0. The molecule has 0 aliphatic carbocycles. The van der Waals surface area contributed by atoms with Crippen molar-refractivity contribution in [1.29, 1.82) is 0 Å². The van der Waals surface area contributed by atoms with Crippen molar-refractivity contribution < 1.29 is 18.9 Å². The number of methoxy groups -OCH3 is 1. The Morgan fingerprint density at radius 1 is 1.08 bits per heavy atom. The topological polar surface area (TPSA) is 36.9 Å². The summed E-state index contributed by atoms with van der Waals surface area (Å²) in [5.41, 5.74) is 1.15. The van der Waals surface area contributed by atoms with Crippen molar-refractivity contribution in [2.75, 3.05) is 13.7 Å². The highest BCUT2D eigenvalue weighted by molar-refractivity contribution is 5.13. The smallest absolute Gasteiger partial charge is 0.280 e.